The average Bonchev–Trinajstić information content (AvgIpc) is 2.53. The summed E-state index contributed by atoms with van der Waals surface area (Å²) in [6, 6.07) is 0. The summed E-state index contributed by atoms with van der Waals surface area (Å²) in [7, 11) is 0. The Balaban J connectivity index is 1.72. The molecule has 0 bridgehead atoms. The van der Waals surface area contributed by atoms with Gasteiger partial charge in [0.1, 0.15) is 10.7 Å². The molecule has 0 aliphatic carbocycles. The van der Waals surface area contributed by atoms with Crippen LogP contribution >= 0.6 is 15.9 Å². The highest BCUT2D eigenvalue weighted by molar-refractivity contribution is 9.18. The van der Waals surface area contributed by atoms with Gasteiger partial charge in [-0.1, -0.05) is 5.16 Å². The normalized spacial score (nSPS) is 29.9. The number of rotatable bonds is 2. The molecule has 1 saturated heterocycles. The molecule has 0 spiro atoms. The zero-order chi connectivity index (χ0) is 9.10. The highest BCUT2D eigenvalue weighted by atomic mass is 79.9. The van der Waals surface area contributed by atoms with Gasteiger partial charge in [0.25, 0.3) is 0 Å². The molecule has 2 rings (SSSR count). The van der Waals surface area contributed by atoms with Crippen molar-refractivity contribution in [3.63, 3.8) is 0 Å². The molecule has 2 heterocycles. The van der Waals surface area contributed by atoms with Crippen LogP contribution in [0.5, 0.6) is 0 Å². The third kappa shape index (κ3) is 2.65. The smallest absolute Gasteiger partial charge is 0.146 e. The van der Waals surface area contributed by atoms with Crippen molar-refractivity contribution in [2.24, 2.45) is 5.16 Å². The van der Waals surface area contributed by atoms with E-state index in [0.717, 1.165) is 43.9 Å². The lowest BCUT2D eigenvalue weighted by molar-refractivity contribution is -0.0000373. The Kier molecular flexibility index (Phi) is 3.18. The molecule has 1 atom stereocenters. The van der Waals surface area contributed by atoms with Gasteiger partial charge in [0.15, 0.2) is 0 Å². The highest BCUT2D eigenvalue weighted by Gasteiger charge is 2.23. The van der Waals surface area contributed by atoms with Crippen LogP contribution < -0.4 is 0 Å². The van der Waals surface area contributed by atoms with E-state index in [4.69, 9.17) is 9.57 Å². The first-order chi connectivity index (χ1) is 6.34. The van der Waals surface area contributed by atoms with Crippen LogP contribution in [0.3, 0.4) is 0 Å². The van der Waals surface area contributed by atoms with E-state index in [9.17, 15) is 0 Å². The molecular formula is C8H13BrN2O2. The van der Waals surface area contributed by atoms with Crippen LogP contribution in [0, 0.1) is 0 Å². The molecule has 0 saturated carbocycles. The van der Waals surface area contributed by atoms with Crippen molar-refractivity contribution < 1.29 is 9.57 Å². The average molecular weight is 249 g/mol. The second-order valence-electron chi connectivity index (χ2n) is 3.31. The number of halogens is 1. The van der Waals surface area contributed by atoms with Crippen LogP contribution in [-0.4, -0.2) is 48.5 Å². The standard InChI is InChI=1S/C8H13BrN2O2/c9-8-5-7(13-10-8)6-11-1-3-12-4-2-11/h7H,1-6H2/t7-/m1/s1. The third-order valence-electron chi connectivity index (χ3n) is 2.26. The molecule has 0 aromatic heterocycles. The quantitative estimate of drug-likeness (QED) is 0.726. The topological polar surface area (TPSA) is 34.1 Å². The number of oxime groups is 1. The van der Waals surface area contributed by atoms with Crippen LogP contribution in [0.25, 0.3) is 0 Å². The van der Waals surface area contributed by atoms with Gasteiger partial charge in [-0.2, -0.15) is 0 Å². The minimum atomic E-state index is 0.229. The van der Waals surface area contributed by atoms with Crippen LogP contribution in [0.1, 0.15) is 6.42 Å². The molecule has 0 aromatic rings. The Morgan fingerprint density at radius 2 is 2.23 bits per heavy atom. The Morgan fingerprint density at radius 1 is 1.46 bits per heavy atom. The van der Waals surface area contributed by atoms with E-state index in [1.165, 1.54) is 0 Å². The molecule has 74 valence electrons. The molecule has 0 unspecified atom stereocenters. The zero-order valence-electron chi connectivity index (χ0n) is 7.41. The zero-order valence-corrected chi connectivity index (χ0v) is 8.99. The number of morpholine rings is 1. The minimum Gasteiger partial charge on any atom is -0.390 e. The van der Waals surface area contributed by atoms with Crippen LogP contribution in [-0.2, 0) is 9.57 Å². The summed E-state index contributed by atoms with van der Waals surface area (Å²) in [5.41, 5.74) is 0. The van der Waals surface area contributed by atoms with Crippen molar-refractivity contribution in [2.75, 3.05) is 32.8 Å². The molecular weight excluding hydrogens is 236 g/mol. The van der Waals surface area contributed by atoms with E-state index in [1.807, 2.05) is 0 Å². The Labute approximate surface area is 86.0 Å². The lowest BCUT2D eigenvalue weighted by Crippen LogP contribution is -2.40. The molecule has 13 heavy (non-hydrogen) atoms. The Morgan fingerprint density at radius 3 is 2.85 bits per heavy atom. The first-order valence-corrected chi connectivity index (χ1v) is 5.32. The van der Waals surface area contributed by atoms with Gasteiger partial charge in [0, 0.05) is 26.1 Å². The summed E-state index contributed by atoms with van der Waals surface area (Å²) in [4.78, 5) is 7.58. The molecule has 4 nitrogen and oxygen atoms in total. The Hall–Kier alpha value is -0.130. The van der Waals surface area contributed by atoms with Crippen molar-refractivity contribution in [1.82, 2.24) is 4.90 Å². The van der Waals surface area contributed by atoms with Crippen molar-refractivity contribution in [2.45, 2.75) is 12.5 Å². The fourth-order valence-corrected chi connectivity index (χ4v) is 2.01. The van der Waals surface area contributed by atoms with E-state index >= 15 is 0 Å². The maximum atomic E-state index is 5.26. The van der Waals surface area contributed by atoms with Gasteiger partial charge >= 0.3 is 0 Å². The van der Waals surface area contributed by atoms with E-state index in [0.29, 0.717) is 0 Å². The predicted molar refractivity (Wildman–Crippen MR) is 53.1 cm³/mol. The van der Waals surface area contributed by atoms with E-state index in [-0.39, 0.29) is 6.10 Å². The van der Waals surface area contributed by atoms with Crippen LogP contribution in [0.4, 0.5) is 0 Å². The lowest BCUT2D eigenvalue weighted by Gasteiger charge is -2.27. The summed E-state index contributed by atoms with van der Waals surface area (Å²) in [6.45, 7) is 4.67. The van der Waals surface area contributed by atoms with E-state index < -0.39 is 0 Å². The van der Waals surface area contributed by atoms with Crippen molar-refractivity contribution in [3.8, 4) is 0 Å². The van der Waals surface area contributed by atoms with Gasteiger partial charge in [-0.25, -0.2) is 0 Å². The first kappa shape index (κ1) is 9.43. The van der Waals surface area contributed by atoms with Gasteiger partial charge in [-0.15, -0.1) is 0 Å². The molecule has 1 fully saturated rings. The van der Waals surface area contributed by atoms with Gasteiger partial charge < -0.3 is 9.57 Å². The van der Waals surface area contributed by atoms with Gasteiger partial charge in [0.2, 0.25) is 0 Å². The number of hydrogen-bond acceptors (Lipinski definition) is 4. The minimum absolute atomic E-state index is 0.229. The van der Waals surface area contributed by atoms with Crippen molar-refractivity contribution >= 4 is 20.6 Å². The molecule has 0 N–H and O–H groups in total. The maximum absolute atomic E-state index is 5.26. The van der Waals surface area contributed by atoms with Crippen LogP contribution in [0.2, 0.25) is 0 Å². The molecule has 2 aliphatic heterocycles. The molecule has 0 radical (unpaired) electrons. The first-order valence-electron chi connectivity index (χ1n) is 4.53. The summed E-state index contributed by atoms with van der Waals surface area (Å²) < 4.78 is 6.19. The summed E-state index contributed by atoms with van der Waals surface area (Å²) in [6.07, 6.45) is 1.13. The Bertz CT molecular complexity index is 204. The van der Waals surface area contributed by atoms with Crippen molar-refractivity contribution in [3.05, 3.63) is 0 Å². The van der Waals surface area contributed by atoms with E-state index in [2.05, 4.69) is 26.0 Å². The van der Waals surface area contributed by atoms with Crippen molar-refractivity contribution in [1.29, 1.82) is 0 Å². The summed E-state index contributed by atoms with van der Waals surface area (Å²) in [5.74, 6) is 0. The summed E-state index contributed by atoms with van der Waals surface area (Å²) >= 11 is 3.33. The van der Waals surface area contributed by atoms with Gasteiger partial charge in [0.05, 0.1) is 13.2 Å². The molecule has 2 aliphatic rings. The fraction of sp³-hybridized carbons (Fsp3) is 0.875. The molecule has 0 aromatic carbocycles. The largest absolute Gasteiger partial charge is 0.390 e. The second kappa shape index (κ2) is 4.39. The lowest BCUT2D eigenvalue weighted by atomic mass is 10.2. The predicted octanol–water partition coefficient (Wildman–Crippen LogP) is 0.816. The maximum Gasteiger partial charge on any atom is 0.146 e. The third-order valence-corrected chi connectivity index (χ3v) is 2.73. The van der Waals surface area contributed by atoms with Gasteiger partial charge in [-0.05, 0) is 15.9 Å². The van der Waals surface area contributed by atoms with Crippen LogP contribution in [0.15, 0.2) is 5.16 Å². The van der Waals surface area contributed by atoms with E-state index in [1.54, 1.807) is 0 Å². The highest BCUT2D eigenvalue weighted by Crippen LogP contribution is 2.15. The fourth-order valence-electron chi connectivity index (χ4n) is 1.56. The number of nitrogens with zero attached hydrogens (tertiary/aromatic N) is 2. The molecule has 5 heteroatoms. The summed E-state index contributed by atoms with van der Waals surface area (Å²) in [5, 5.41) is 3.86. The second-order valence-corrected chi connectivity index (χ2v) is 4.23. The number of ether oxygens (including phenoxy) is 1. The monoisotopic (exact) mass is 248 g/mol. The number of hydrogen-bond donors (Lipinski definition) is 0. The SMILES string of the molecule is BrC1=NO[C@@H](CN2CCOCC2)C1. The molecule has 0 amide bonds. The van der Waals surface area contributed by atoms with Gasteiger partial charge in [-0.3, -0.25) is 4.90 Å².